The van der Waals surface area contributed by atoms with Crippen molar-refractivity contribution >= 4 is 33.2 Å². The molecule has 102 valence electrons. The maximum absolute atomic E-state index is 12.7. The lowest BCUT2D eigenvalue weighted by atomic mass is 10.1. The maximum Gasteiger partial charge on any atom is 0.258 e. The molecular formula is C16H15BrN2O. The first-order valence-electron chi connectivity index (χ1n) is 6.53. The number of hydrogen-bond acceptors (Lipinski definition) is 2. The van der Waals surface area contributed by atoms with Gasteiger partial charge in [-0.15, -0.1) is 0 Å². The van der Waals surface area contributed by atoms with E-state index in [0.29, 0.717) is 17.8 Å². The molecule has 0 unspecified atom stereocenters. The number of aryl methyl sites for hydroxylation is 1. The standard InChI is InChI=1S/C16H15BrN2O/c1-10-5-6-12(9-13(10)17)16(20)19-8-7-11-3-2-4-14(18)15(11)19/h2-6,9H,7-8,18H2,1H3. The highest BCUT2D eigenvalue weighted by molar-refractivity contribution is 9.10. The number of nitrogens with zero attached hydrogens (tertiary/aromatic N) is 1. The third kappa shape index (κ3) is 2.10. The van der Waals surface area contributed by atoms with Crippen molar-refractivity contribution in [2.75, 3.05) is 17.2 Å². The molecule has 0 radical (unpaired) electrons. The third-order valence-electron chi connectivity index (χ3n) is 3.69. The van der Waals surface area contributed by atoms with Crippen LogP contribution in [0.4, 0.5) is 11.4 Å². The minimum Gasteiger partial charge on any atom is -0.397 e. The van der Waals surface area contributed by atoms with Crippen LogP contribution in [0.3, 0.4) is 0 Å². The van der Waals surface area contributed by atoms with Gasteiger partial charge < -0.3 is 10.6 Å². The minimum absolute atomic E-state index is 0.00218. The van der Waals surface area contributed by atoms with Crippen LogP contribution in [-0.4, -0.2) is 12.5 Å². The van der Waals surface area contributed by atoms with Crippen molar-refractivity contribution in [1.82, 2.24) is 0 Å². The number of hydrogen-bond donors (Lipinski definition) is 1. The summed E-state index contributed by atoms with van der Waals surface area (Å²) in [5.74, 6) is 0.00218. The molecule has 0 bridgehead atoms. The zero-order chi connectivity index (χ0) is 14.3. The predicted molar refractivity (Wildman–Crippen MR) is 85.1 cm³/mol. The first kappa shape index (κ1) is 13.2. The van der Waals surface area contributed by atoms with Gasteiger partial charge in [0.25, 0.3) is 5.91 Å². The Morgan fingerprint density at radius 3 is 2.85 bits per heavy atom. The van der Waals surface area contributed by atoms with Crippen LogP contribution in [0.1, 0.15) is 21.5 Å². The fourth-order valence-corrected chi connectivity index (χ4v) is 2.95. The van der Waals surface area contributed by atoms with E-state index in [2.05, 4.69) is 15.9 Å². The first-order valence-corrected chi connectivity index (χ1v) is 7.32. The third-order valence-corrected chi connectivity index (χ3v) is 4.54. The molecule has 2 N–H and O–H groups in total. The van der Waals surface area contributed by atoms with Crippen molar-refractivity contribution < 1.29 is 4.79 Å². The van der Waals surface area contributed by atoms with Crippen molar-refractivity contribution in [3.05, 3.63) is 57.6 Å². The van der Waals surface area contributed by atoms with E-state index in [1.807, 2.05) is 43.3 Å². The van der Waals surface area contributed by atoms with Crippen molar-refractivity contribution in [3.63, 3.8) is 0 Å². The van der Waals surface area contributed by atoms with Crippen LogP contribution < -0.4 is 10.6 Å². The highest BCUT2D eigenvalue weighted by atomic mass is 79.9. The van der Waals surface area contributed by atoms with Crippen LogP contribution in [0.5, 0.6) is 0 Å². The van der Waals surface area contributed by atoms with Crippen molar-refractivity contribution in [2.45, 2.75) is 13.3 Å². The number of nitrogens with two attached hydrogens (primary N) is 1. The minimum atomic E-state index is 0.00218. The van der Waals surface area contributed by atoms with E-state index >= 15 is 0 Å². The molecule has 1 amide bonds. The second-order valence-corrected chi connectivity index (χ2v) is 5.88. The second-order valence-electron chi connectivity index (χ2n) is 5.03. The molecule has 1 aliphatic rings. The van der Waals surface area contributed by atoms with Gasteiger partial charge in [0, 0.05) is 16.6 Å². The summed E-state index contributed by atoms with van der Waals surface area (Å²) >= 11 is 3.47. The lowest BCUT2D eigenvalue weighted by Gasteiger charge is -2.19. The summed E-state index contributed by atoms with van der Waals surface area (Å²) in [4.78, 5) is 14.5. The molecule has 0 spiro atoms. The Hall–Kier alpha value is -1.81. The molecule has 1 aliphatic heterocycles. The Balaban J connectivity index is 1.99. The molecule has 4 heteroatoms. The number of benzene rings is 2. The molecule has 1 heterocycles. The van der Waals surface area contributed by atoms with Gasteiger partial charge in [-0.2, -0.15) is 0 Å². The van der Waals surface area contributed by atoms with Crippen LogP contribution in [0.25, 0.3) is 0 Å². The van der Waals surface area contributed by atoms with Crippen LogP contribution in [0.2, 0.25) is 0 Å². The molecule has 20 heavy (non-hydrogen) atoms. The molecule has 0 atom stereocenters. The molecule has 0 saturated carbocycles. The summed E-state index contributed by atoms with van der Waals surface area (Å²) in [5, 5.41) is 0. The van der Waals surface area contributed by atoms with Gasteiger partial charge >= 0.3 is 0 Å². The Kier molecular flexibility index (Phi) is 3.26. The number of anilines is 2. The van der Waals surface area contributed by atoms with E-state index in [1.54, 1.807) is 4.90 Å². The topological polar surface area (TPSA) is 46.3 Å². The SMILES string of the molecule is Cc1ccc(C(=O)N2CCc3cccc(N)c32)cc1Br. The van der Waals surface area contributed by atoms with E-state index in [0.717, 1.165) is 27.7 Å². The van der Waals surface area contributed by atoms with Gasteiger partial charge in [-0.1, -0.05) is 34.1 Å². The Morgan fingerprint density at radius 1 is 1.30 bits per heavy atom. The molecule has 0 aliphatic carbocycles. The molecular weight excluding hydrogens is 316 g/mol. The van der Waals surface area contributed by atoms with Gasteiger partial charge in [-0.25, -0.2) is 0 Å². The molecule has 0 saturated heterocycles. The molecule has 0 fully saturated rings. The number of rotatable bonds is 1. The zero-order valence-electron chi connectivity index (χ0n) is 11.2. The van der Waals surface area contributed by atoms with Crippen molar-refractivity contribution in [2.24, 2.45) is 0 Å². The fraction of sp³-hybridized carbons (Fsp3) is 0.188. The maximum atomic E-state index is 12.7. The number of amides is 1. The molecule has 3 nitrogen and oxygen atoms in total. The van der Waals surface area contributed by atoms with E-state index in [1.165, 1.54) is 0 Å². The van der Waals surface area contributed by atoms with Crippen LogP contribution in [-0.2, 0) is 6.42 Å². The number of para-hydroxylation sites is 1. The number of carbonyl (C=O) groups is 1. The summed E-state index contributed by atoms with van der Waals surface area (Å²) in [6.07, 6.45) is 0.860. The highest BCUT2D eigenvalue weighted by Gasteiger charge is 2.27. The Bertz CT molecular complexity index is 697. The first-order chi connectivity index (χ1) is 9.58. The predicted octanol–water partition coefficient (Wildman–Crippen LogP) is 3.54. The largest absolute Gasteiger partial charge is 0.397 e. The van der Waals surface area contributed by atoms with E-state index in [4.69, 9.17) is 5.73 Å². The average molecular weight is 331 g/mol. The van der Waals surface area contributed by atoms with Crippen LogP contribution >= 0.6 is 15.9 Å². The Morgan fingerprint density at radius 2 is 2.10 bits per heavy atom. The zero-order valence-corrected chi connectivity index (χ0v) is 12.8. The van der Waals surface area contributed by atoms with Gasteiger partial charge in [-0.05, 0) is 42.7 Å². The molecule has 3 rings (SSSR count). The highest BCUT2D eigenvalue weighted by Crippen LogP contribution is 2.34. The molecule has 2 aromatic carbocycles. The van der Waals surface area contributed by atoms with Gasteiger partial charge in [0.1, 0.15) is 0 Å². The number of fused-ring (bicyclic) bond motifs is 1. The number of halogens is 1. The van der Waals surface area contributed by atoms with Gasteiger partial charge in [0.15, 0.2) is 0 Å². The van der Waals surface area contributed by atoms with Gasteiger partial charge in [-0.3, -0.25) is 4.79 Å². The summed E-state index contributed by atoms with van der Waals surface area (Å²) in [6, 6.07) is 11.5. The quantitative estimate of drug-likeness (QED) is 0.813. The lowest BCUT2D eigenvalue weighted by molar-refractivity contribution is 0.0989. The summed E-state index contributed by atoms with van der Waals surface area (Å²) in [5.41, 5.74) is 10.5. The van der Waals surface area contributed by atoms with Crippen molar-refractivity contribution in [1.29, 1.82) is 0 Å². The lowest BCUT2D eigenvalue weighted by Crippen LogP contribution is -2.29. The normalized spacial score (nSPS) is 13.4. The summed E-state index contributed by atoms with van der Waals surface area (Å²) < 4.78 is 0.948. The van der Waals surface area contributed by atoms with Crippen LogP contribution in [0.15, 0.2) is 40.9 Å². The fourth-order valence-electron chi connectivity index (χ4n) is 2.57. The smallest absolute Gasteiger partial charge is 0.258 e. The molecule has 2 aromatic rings. The number of carbonyl (C=O) groups excluding carboxylic acids is 1. The average Bonchev–Trinajstić information content (AvgIpc) is 2.86. The summed E-state index contributed by atoms with van der Waals surface area (Å²) in [7, 11) is 0. The monoisotopic (exact) mass is 330 g/mol. The van der Waals surface area contributed by atoms with Gasteiger partial charge in [0.2, 0.25) is 0 Å². The van der Waals surface area contributed by atoms with Gasteiger partial charge in [0.05, 0.1) is 11.4 Å². The Labute approximate surface area is 126 Å². The summed E-state index contributed by atoms with van der Waals surface area (Å²) in [6.45, 7) is 2.69. The molecule has 0 aromatic heterocycles. The van der Waals surface area contributed by atoms with Crippen molar-refractivity contribution in [3.8, 4) is 0 Å². The second kappa shape index (κ2) is 4.94. The van der Waals surface area contributed by atoms with Crippen LogP contribution in [0, 0.1) is 6.92 Å². The van der Waals surface area contributed by atoms with E-state index in [9.17, 15) is 4.79 Å². The van der Waals surface area contributed by atoms with E-state index < -0.39 is 0 Å². The number of nitrogen functional groups attached to an aromatic ring is 1. The van der Waals surface area contributed by atoms with E-state index in [-0.39, 0.29) is 5.91 Å².